The van der Waals surface area contributed by atoms with Crippen LogP contribution in [-0.2, 0) is 4.74 Å². The number of H-pyrrole nitrogens is 1. The fraction of sp³-hybridized carbons (Fsp3) is 0.769. The molecule has 1 aliphatic heterocycles. The van der Waals surface area contributed by atoms with E-state index in [0.29, 0.717) is 5.82 Å². The summed E-state index contributed by atoms with van der Waals surface area (Å²) in [4.78, 5) is 0. The Bertz CT molecular complexity index is 362. The predicted molar refractivity (Wildman–Crippen MR) is 75.1 cm³/mol. The van der Waals surface area contributed by atoms with Crippen LogP contribution in [0.15, 0.2) is 6.20 Å². The van der Waals surface area contributed by atoms with Gasteiger partial charge in [-0.2, -0.15) is 5.10 Å². The molecule has 108 valence electrons. The van der Waals surface area contributed by atoms with Gasteiger partial charge in [-0.15, -0.1) is 0 Å². The highest BCUT2D eigenvalue weighted by atomic mass is 16.5. The maximum absolute atomic E-state index is 5.81. The Morgan fingerprint density at radius 2 is 2.21 bits per heavy atom. The third-order valence-corrected chi connectivity index (χ3v) is 3.97. The zero-order chi connectivity index (χ0) is 13.5. The third kappa shape index (κ3) is 4.19. The Balaban J connectivity index is 1.67. The largest absolute Gasteiger partial charge is 0.384 e. The first kappa shape index (κ1) is 14.3. The van der Waals surface area contributed by atoms with Crippen molar-refractivity contribution in [3.8, 4) is 0 Å². The number of nitrogens with one attached hydrogen (secondary N) is 2. The molecule has 0 amide bonds. The highest BCUT2D eigenvalue weighted by Gasteiger charge is 2.16. The van der Waals surface area contributed by atoms with E-state index < -0.39 is 0 Å². The maximum atomic E-state index is 5.81. The summed E-state index contributed by atoms with van der Waals surface area (Å²) < 4.78 is 5.37. The number of nitrogen functional groups attached to an aromatic ring is 1. The molecule has 1 saturated heterocycles. The maximum Gasteiger partial charge on any atom is 0.123 e. The molecule has 0 bridgehead atoms. The molecule has 0 spiro atoms. The summed E-state index contributed by atoms with van der Waals surface area (Å²) >= 11 is 0. The van der Waals surface area contributed by atoms with E-state index in [2.05, 4.69) is 15.6 Å². The van der Waals surface area contributed by atoms with Crippen LogP contribution in [0.5, 0.6) is 0 Å². The minimum atomic E-state index is 0.0911. The molecule has 1 aromatic heterocycles. The zero-order valence-corrected chi connectivity index (χ0v) is 11.4. The number of hydrogen-bond donors (Lipinski definition) is 4. The van der Waals surface area contributed by atoms with Gasteiger partial charge in [0.1, 0.15) is 5.82 Å². The summed E-state index contributed by atoms with van der Waals surface area (Å²) in [7, 11) is 0. The van der Waals surface area contributed by atoms with Crippen LogP contribution in [-0.4, -0.2) is 23.4 Å². The Morgan fingerprint density at radius 3 is 2.84 bits per heavy atom. The molecule has 1 unspecified atom stereocenters. The molecule has 6 N–H and O–H groups in total. The lowest BCUT2D eigenvalue weighted by Gasteiger charge is -2.22. The van der Waals surface area contributed by atoms with Crippen LogP contribution in [0.1, 0.15) is 50.1 Å². The van der Waals surface area contributed by atoms with E-state index >= 15 is 0 Å². The smallest absolute Gasteiger partial charge is 0.123 e. The number of nitrogens with zero attached hydrogens (tertiary/aromatic N) is 1. The molecule has 6 nitrogen and oxygen atoms in total. The van der Waals surface area contributed by atoms with Gasteiger partial charge in [0.25, 0.3) is 0 Å². The Kier molecular flexibility index (Phi) is 5.62. The van der Waals surface area contributed by atoms with Gasteiger partial charge in [-0.25, -0.2) is 0 Å². The van der Waals surface area contributed by atoms with Crippen LogP contribution in [0.25, 0.3) is 0 Å². The summed E-state index contributed by atoms with van der Waals surface area (Å²) in [6.45, 7) is 1.87. The number of hydrazine groups is 1. The SMILES string of the molecule is NNC(CCCCC1CCOCC1)c1cn[nH]c1N. The molecule has 0 aromatic carbocycles. The van der Waals surface area contributed by atoms with Gasteiger partial charge >= 0.3 is 0 Å². The van der Waals surface area contributed by atoms with Crippen molar-refractivity contribution in [1.82, 2.24) is 15.6 Å². The molecule has 1 fully saturated rings. The predicted octanol–water partition coefficient (Wildman–Crippen LogP) is 1.48. The normalized spacial score (nSPS) is 18.6. The van der Waals surface area contributed by atoms with Gasteiger partial charge in [-0.05, 0) is 25.2 Å². The quantitative estimate of drug-likeness (QED) is 0.340. The van der Waals surface area contributed by atoms with E-state index in [-0.39, 0.29) is 6.04 Å². The van der Waals surface area contributed by atoms with E-state index in [4.69, 9.17) is 16.3 Å². The Morgan fingerprint density at radius 1 is 1.42 bits per heavy atom. The molecule has 0 aliphatic carbocycles. The number of rotatable bonds is 7. The molecule has 6 heteroatoms. The van der Waals surface area contributed by atoms with E-state index in [1.807, 2.05) is 0 Å². The lowest BCUT2D eigenvalue weighted by atomic mass is 9.93. The second-order valence-electron chi connectivity index (χ2n) is 5.30. The zero-order valence-electron chi connectivity index (χ0n) is 11.4. The second-order valence-corrected chi connectivity index (χ2v) is 5.30. The lowest BCUT2D eigenvalue weighted by molar-refractivity contribution is 0.0630. The first-order valence-electron chi connectivity index (χ1n) is 7.14. The van der Waals surface area contributed by atoms with Crippen LogP contribution in [0.3, 0.4) is 0 Å². The van der Waals surface area contributed by atoms with Gasteiger partial charge in [-0.3, -0.25) is 16.4 Å². The number of aromatic amines is 1. The summed E-state index contributed by atoms with van der Waals surface area (Å²) in [5.41, 5.74) is 9.60. The molecule has 2 rings (SSSR count). The molecule has 19 heavy (non-hydrogen) atoms. The minimum Gasteiger partial charge on any atom is -0.384 e. The topological polar surface area (TPSA) is 102 Å². The van der Waals surface area contributed by atoms with Crippen molar-refractivity contribution in [2.75, 3.05) is 18.9 Å². The fourth-order valence-corrected chi connectivity index (χ4v) is 2.73. The summed E-state index contributed by atoms with van der Waals surface area (Å²) in [6, 6.07) is 0.0911. The van der Waals surface area contributed by atoms with Crippen molar-refractivity contribution >= 4 is 5.82 Å². The minimum absolute atomic E-state index is 0.0911. The van der Waals surface area contributed by atoms with E-state index in [9.17, 15) is 0 Å². The standard InChI is InChI=1S/C13H25N5O/c14-13-11(9-16-18-13)12(17-15)4-2-1-3-10-5-7-19-8-6-10/h9-10,12,17H,1-8,15H2,(H3,14,16,18). The van der Waals surface area contributed by atoms with Crippen molar-refractivity contribution in [1.29, 1.82) is 0 Å². The van der Waals surface area contributed by atoms with Crippen LogP contribution in [0.4, 0.5) is 5.82 Å². The van der Waals surface area contributed by atoms with Gasteiger partial charge < -0.3 is 10.5 Å². The van der Waals surface area contributed by atoms with Crippen molar-refractivity contribution in [3.63, 3.8) is 0 Å². The first-order chi connectivity index (χ1) is 9.31. The van der Waals surface area contributed by atoms with Gasteiger partial charge in [0.15, 0.2) is 0 Å². The highest BCUT2D eigenvalue weighted by molar-refractivity contribution is 5.39. The van der Waals surface area contributed by atoms with E-state index in [1.165, 1.54) is 25.7 Å². The average Bonchev–Trinajstić information content (AvgIpc) is 2.86. The van der Waals surface area contributed by atoms with Crippen molar-refractivity contribution in [3.05, 3.63) is 11.8 Å². The third-order valence-electron chi connectivity index (χ3n) is 3.97. The molecule has 0 saturated carbocycles. The molecule has 1 aromatic rings. The first-order valence-corrected chi connectivity index (χ1v) is 7.14. The van der Waals surface area contributed by atoms with E-state index in [0.717, 1.165) is 37.5 Å². The number of nitrogens with two attached hydrogens (primary N) is 2. The van der Waals surface area contributed by atoms with Gasteiger partial charge in [-0.1, -0.05) is 19.3 Å². The molecular weight excluding hydrogens is 242 g/mol. The number of unbranched alkanes of at least 4 members (excludes halogenated alkanes) is 1. The Hall–Kier alpha value is -1.11. The van der Waals surface area contributed by atoms with Gasteiger partial charge in [0, 0.05) is 18.8 Å². The van der Waals surface area contributed by atoms with Crippen molar-refractivity contribution in [2.45, 2.75) is 44.6 Å². The number of ether oxygens (including phenoxy) is 1. The average molecular weight is 267 g/mol. The monoisotopic (exact) mass is 267 g/mol. The molecule has 1 atom stereocenters. The number of hydrogen-bond acceptors (Lipinski definition) is 5. The second kappa shape index (κ2) is 7.47. The molecule has 2 heterocycles. The van der Waals surface area contributed by atoms with Crippen LogP contribution in [0.2, 0.25) is 0 Å². The van der Waals surface area contributed by atoms with Crippen LogP contribution < -0.4 is 17.0 Å². The number of aromatic nitrogens is 2. The van der Waals surface area contributed by atoms with Crippen molar-refractivity contribution < 1.29 is 4.74 Å². The molecular formula is C13H25N5O. The van der Waals surface area contributed by atoms with Crippen LogP contribution >= 0.6 is 0 Å². The highest BCUT2D eigenvalue weighted by Crippen LogP contribution is 2.25. The Labute approximate surface area is 114 Å². The van der Waals surface area contributed by atoms with Crippen LogP contribution in [0, 0.1) is 5.92 Å². The summed E-state index contributed by atoms with van der Waals surface area (Å²) in [6.07, 6.45) is 8.85. The van der Waals surface area contributed by atoms with E-state index in [1.54, 1.807) is 6.20 Å². The lowest BCUT2D eigenvalue weighted by Crippen LogP contribution is -2.28. The molecule has 1 aliphatic rings. The van der Waals surface area contributed by atoms with Gasteiger partial charge in [0.2, 0.25) is 0 Å². The summed E-state index contributed by atoms with van der Waals surface area (Å²) in [5.74, 6) is 7.04. The summed E-state index contributed by atoms with van der Waals surface area (Å²) in [5, 5.41) is 6.68. The van der Waals surface area contributed by atoms with Gasteiger partial charge in [0.05, 0.1) is 12.2 Å². The number of anilines is 1. The van der Waals surface area contributed by atoms with Crippen molar-refractivity contribution in [2.24, 2.45) is 11.8 Å². The molecule has 0 radical (unpaired) electrons. The fourth-order valence-electron chi connectivity index (χ4n) is 2.73.